The van der Waals surface area contributed by atoms with Crippen molar-refractivity contribution in [1.29, 1.82) is 5.41 Å². The van der Waals surface area contributed by atoms with Crippen LogP contribution < -0.4 is 5.73 Å². The zero-order valence-corrected chi connectivity index (χ0v) is 8.34. The monoisotopic (exact) mass is 230 g/mol. The van der Waals surface area contributed by atoms with E-state index in [1.807, 2.05) is 0 Å². The van der Waals surface area contributed by atoms with Gasteiger partial charge in [0, 0.05) is 5.69 Å². The van der Waals surface area contributed by atoms with Crippen LogP contribution in [0.15, 0.2) is 24.2 Å². The van der Waals surface area contributed by atoms with E-state index in [1.54, 1.807) is 6.92 Å². The molecule has 0 saturated carbocycles. The molecule has 0 aliphatic carbocycles. The average Bonchev–Trinajstić information content (AvgIpc) is 2.16. The summed E-state index contributed by atoms with van der Waals surface area (Å²) in [6.45, 7) is 1.65. The highest BCUT2D eigenvalue weighted by atomic mass is 19.4. The van der Waals surface area contributed by atoms with Gasteiger partial charge in [-0.05, 0) is 19.1 Å². The van der Waals surface area contributed by atoms with E-state index in [2.05, 4.69) is 9.97 Å². The third-order valence-electron chi connectivity index (χ3n) is 1.71. The molecule has 1 aromatic rings. The first-order valence-electron chi connectivity index (χ1n) is 4.22. The number of aromatic nitrogens is 2. The molecule has 7 heteroatoms. The lowest BCUT2D eigenvalue weighted by Gasteiger charge is -2.06. The van der Waals surface area contributed by atoms with Gasteiger partial charge in [-0.2, -0.15) is 13.2 Å². The minimum absolute atomic E-state index is 0.0969. The summed E-state index contributed by atoms with van der Waals surface area (Å²) in [6.07, 6.45) is -2.92. The van der Waals surface area contributed by atoms with E-state index in [9.17, 15) is 13.2 Å². The van der Waals surface area contributed by atoms with Gasteiger partial charge in [0.25, 0.3) is 0 Å². The summed E-state index contributed by atoms with van der Waals surface area (Å²) in [5.41, 5.74) is 3.71. The van der Waals surface area contributed by atoms with Crippen molar-refractivity contribution in [1.82, 2.24) is 9.97 Å². The molecule has 0 aromatic carbocycles. The maximum atomic E-state index is 12.1. The van der Waals surface area contributed by atoms with Crippen molar-refractivity contribution in [3.05, 3.63) is 35.6 Å². The second-order valence-electron chi connectivity index (χ2n) is 3.06. The molecular weight excluding hydrogens is 221 g/mol. The van der Waals surface area contributed by atoms with Gasteiger partial charge >= 0.3 is 6.18 Å². The van der Waals surface area contributed by atoms with Gasteiger partial charge in [0.05, 0.1) is 11.4 Å². The van der Waals surface area contributed by atoms with Crippen LogP contribution in [0, 0.1) is 12.3 Å². The minimum atomic E-state index is -4.63. The quantitative estimate of drug-likeness (QED) is 0.757. The molecular formula is C9H9F3N4. The minimum Gasteiger partial charge on any atom is -0.395 e. The predicted molar refractivity (Wildman–Crippen MR) is 51.9 cm³/mol. The van der Waals surface area contributed by atoms with Crippen LogP contribution in [0.2, 0.25) is 0 Å². The van der Waals surface area contributed by atoms with E-state index < -0.39 is 17.6 Å². The Balaban J connectivity index is 2.97. The number of alkyl halides is 3. The molecule has 4 nitrogen and oxygen atoms in total. The Morgan fingerprint density at radius 1 is 1.44 bits per heavy atom. The summed E-state index contributed by atoms with van der Waals surface area (Å²) >= 11 is 0. The van der Waals surface area contributed by atoms with E-state index in [0.717, 1.165) is 0 Å². The molecule has 86 valence electrons. The summed E-state index contributed by atoms with van der Waals surface area (Å²) in [7, 11) is 0. The van der Waals surface area contributed by atoms with Gasteiger partial charge in [0.1, 0.15) is 12.0 Å². The number of nitrogens with one attached hydrogen (secondary N) is 1. The highest BCUT2D eigenvalue weighted by Crippen LogP contribution is 2.21. The average molecular weight is 230 g/mol. The Morgan fingerprint density at radius 3 is 2.56 bits per heavy atom. The highest BCUT2D eigenvalue weighted by molar-refractivity contribution is 6.05. The lowest BCUT2D eigenvalue weighted by Crippen LogP contribution is -2.20. The number of hydrogen-bond acceptors (Lipinski definition) is 4. The summed E-state index contributed by atoms with van der Waals surface area (Å²) in [6, 6.07) is 1.41. The van der Waals surface area contributed by atoms with E-state index in [4.69, 9.17) is 11.1 Å². The molecule has 0 spiro atoms. The third-order valence-corrected chi connectivity index (χ3v) is 1.71. The van der Waals surface area contributed by atoms with Gasteiger partial charge in [0.2, 0.25) is 0 Å². The van der Waals surface area contributed by atoms with Crippen LogP contribution in [0.5, 0.6) is 0 Å². The van der Waals surface area contributed by atoms with Gasteiger partial charge < -0.3 is 5.73 Å². The van der Waals surface area contributed by atoms with Crippen molar-refractivity contribution >= 4 is 5.71 Å². The fourth-order valence-corrected chi connectivity index (χ4v) is 0.913. The molecule has 0 amide bonds. The first-order chi connectivity index (χ1) is 7.30. The van der Waals surface area contributed by atoms with Gasteiger partial charge in [-0.15, -0.1) is 0 Å². The van der Waals surface area contributed by atoms with Gasteiger partial charge in [-0.3, -0.25) is 5.41 Å². The Bertz CT molecular complexity index is 437. The van der Waals surface area contributed by atoms with E-state index >= 15 is 0 Å². The van der Waals surface area contributed by atoms with Gasteiger partial charge in [0.15, 0.2) is 0 Å². The first-order valence-corrected chi connectivity index (χ1v) is 4.22. The molecule has 1 aromatic heterocycles. The number of aryl methyl sites for hydroxylation is 1. The van der Waals surface area contributed by atoms with Crippen molar-refractivity contribution < 1.29 is 13.2 Å². The van der Waals surface area contributed by atoms with E-state index in [1.165, 1.54) is 12.4 Å². The zero-order valence-electron chi connectivity index (χ0n) is 8.34. The Hall–Kier alpha value is -1.92. The number of allylic oxidation sites excluding steroid dienone is 2. The molecule has 0 aliphatic heterocycles. The molecule has 0 unspecified atom stereocenters. The largest absolute Gasteiger partial charge is 0.430 e. The second-order valence-corrected chi connectivity index (χ2v) is 3.06. The lowest BCUT2D eigenvalue weighted by molar-refractivity contribution is -0.0925. The van der Waals surface area contributed by atoms with Gasteiger partial charge in [-0.25, -0.2) is 9.97 Å². The van der Waals surface area contributed by atoms with E-state index in [-0.39, 0.29) is 5.69 Å². The Morgan fingerprint density at radius 2 is 2.06 bits per heavy atom. The molecule has 16 heavy (non-hydrogen) atoms. The highest BCUT2D eigenvalue weighted by Gasteiger charge is 2.31. The van der Waals surface area contributed by atoms with Crippen LogP contribution in [-0.4, -0.2) is 21.9 Å². The summed E-state index contributed by atoms with van der Waals surface area (Å²) in [5, 5.41) is 7.39. The molecule has 0 bridgehead atoms. The topological polar surface area (TPSA) is 75.7 Å². The third kappa shape index (κ3) is 3.04. The van der Waals surface area contributed by atoms with Crippen LogP contribution >= 0.6 is 0 Å². The number of rotatable bonds is 2. The second kappa shape index (κ2) is 4.30. The maximum Gasteiger partial charge on any atom is 0.430 e. The fraction of sp³-hybridized carbons (Fsp3) is 0.222. The smallest absolute Gasteiger partial charge is 0.395 e. The summed E-state index contributed by atoms with van der Waals surface area (Å²) in [4.78, 5) is 7.44. The van der Waals surface area contributed by atoms with Crippen LogP contribution in [-0.2, 0) is 0 Å². The van der Waals surface area contributed by atoms with Crippen molar-refractivity contribution in [2.75, 3.05) is 0 Å². The van der Waals surface area contributed by atoms with Crippen molar-refractivity contribution in [3.63, 3.8) is 0 Å². The van der Waals surface area contributed by atoms with Crippen molar-refractivity contribution in [2.45, 2.75) is 13.1 Å². The molecule has 0 aliphatic rings. The molecule has 0 atom stereocenters. The lowest BCUT2D eigenvalue weighted by atomic mass is 10.2. The molecule has 1 rings (SSSR count). The predicted octanol–water partition coefficient (Wildman–Crippen LogP) is 1.56. The molecule has 0 radical (unpaired) electrons. The summed E-state index contributed by atoms with van der Waals surface area (Å²) in [5.74, 6) is 0. The normalized spacial score (nSPS) is 12.6. The van der Waals surface area contributed by atoms with Crippen molar-refractivity contribution in [2.24, 2.45) is 5.73 Å². The van der Waals surface area contributed by atoms with Crippen LogP contribution in [0.3, 0.4) is 0 Å². The SMILES string of the molecule is Cc1cc(C(=N)C=C(N)C(F)(F)F)ncn1. The number of halogens is 3. The number of nitrogens with zero attached hydrogens (tertiary/aromatic N) is 2. The molecule has 3 N–H and O–H groups in total. The zero-order chi connectivity index (χ0) is 12.3. The summed E-state index contributed by atoms with van der Waals surface area (Å²) < 4.78 is 36.2. The molecule has 1 heterocycles. The molecule has 0 saturated heterocycles. The number of hydrogen-bond donors (Lipinski definition) is 2. The fourth-order valence-electron chi connectivity index (χ4n) is 0.913. The maximum absolute atomic E-state index is 12.1. The van der Waals surface area contributed by atoms with Crippen LogP contribution in [0.4, 0.5) is 13.2 Å². The molecule has 0 fully saturated rings. The van der Waals surface area contributed by atoms with Crippen LogP contribution in [0.1, 0.15) is 11.4 Å². The Labute approximate surface area is 89.5 Å². The first kappa shape index (κ1) is 12.2. The van der Waals surface area contributed by atoms with Gasteiger partial charge in [-0.1, -0.05) is 0 Å². The Kier molecular flexibility index (Phi) is 3.26. The van der Waals surface area contributed by atoms with Crippen molar-refractivity contribution in [3.8, 4) is 0 Å². The van der Waals surface area contributed by atoms with Crippen LogP contribution in [0.25, 0.3) is 0 Å². The standard InChI is InChI=1S/C9H9F3N4/c1-5-2-7(16-4-15-5)6(13)3-8(14)9(10,11)12/h2-4,13H,14H2,1H3. The van der Waals surface area contributed by atoms with E-state index in [0.29, 0.717) is 11.8 Å². The number of nitrogens with two attached hydrogens (primary N) is 1.